The van der Waals surface area contributed by atoms with Gasteiger partial charge in [-0.15, -0.1) is 0 Å². The predicted octanol–water partition coefficient (Wildman–Crippen LogP) is 3.13. The lowest BCUT2D eigenvalue weighted by atomic mass is 10.2. The molecule has 2 aromatic carbocycles. The van der Waals surface area contributed by atoms with Crippen LogP contribution in [0.1, 0.15) is 22.3 Å². The first-order valence-corrected chi connectivity index (χ1v) is 7.51. The number of rotatable bonds is 6. The zero-order valence-electron chi connectivity index (χ0n) is 12.6. The number of hydrogen-bond acceptors (Lipinski definition) is 4. The monoisotopic (exact) mass is 314 g/mol. The summed E-state index contributed by atoms with van der Waals surface area (Å²) < 4.78 is 17.0. The Labute approximate surface area is 134 Å². The number of ether oxygens (including phenoxy) is 3. The molecule has 0 spiro atoms. The Kier molecular flexibility index (Phi) is 4.78. The average molecular weight is 314 g/mol. The van der Waals surface area contributed by atoms with Crippen LogP contribution in [0.5, 0.6) is 11.5 Å². The van der Waals surface area contributed by atoms with Gasteiger partial charge in [0.2, 0.25) is 0 Å². The summed E-state index contributed by atoms with van der Waals surface area (Å²) in [6.07, 6.45) is 0.716. The normalized spacial score (nSPS) is 17.0. The Hall–Kier alpha value is -2.53. The summed E-state index contributed by atoms with van der Waals surface area (Å²) in [5.41, 5.74) is 1.20. The molecule has 0 saturated carbocycles. The lowest BCUT2D eigenvalue weighted by molar-refractivity contribution is 0.0695. The molecule has 1 saturated heterocycles. The third kappa shape index (κ3) is 4.02. The van der Waals surface area contributed by atoms with E-state index in [9.17, 15) is 4.79 Å². The Bertz CT molecular complexity index is 662. The molecular formula is C18H18O5. The van der Waals surface area contributed by atoms with E-state index >= 15 is 0 Å². The van der Waals surface area contributed by atoms with Gasteiger partial charge in [0.15, 0.2) is 11.5 Å². The molecule has 2 aromatic rings. The number of carboxylic acid groups (broad SMARTS) is 1. The number of benzene rings is 2. The first kappa shape index (κ1) is 15.4. The Morgan fingerprint density at radius 3 is 2.70 bits per heavy atom. The van der Waals surface area contributed by atoms with Gasteiger partial charge < -0.3 is 19.3 Å². The molecule has 1 N–H and O–H groups in total. The van der Waals surface area contributed by atoms with Crippen molar-refractivity contribution < 1.29 is 24.1 Å². The van der Waals surface area contributed by atoms with Crippen LogP contribution >= 0.6 is 0 Å². The fraction of sp³-hybridized carbons (Fsp3) is 0.278. The zero-order valence-corrected chi connectivity index (χ0v) is 12.6. The van der Waals surface area contributed by atoms with Gasteiger partial charge in [-0.3, -0.25) is 0 Å². The van der Waals surface area contributed by atoms with E-state index < -0.39 is 5.97 Å². The topological polar surface area (TPSA) is 65.0 Å². The highest BCUT2D eigenvalue weighted by atomic mass is 16.6. The molecule has 0 radical (unpaired) electrons. The second-order valence-corrected chi connectivity index (χ2v) is 5.34. The third-order valence-electron chi connectivity index (χ3n) is 3.61. The van der Waals surface area contributed by atoms with Gasteiger partial charge in [0, 0.05) is 6.42 Å². The molecular weight excluding hydrogens is 296 g/mol. The van der Waals surface area contributed by atoms with Crippen molar-refractivity contribution in [2.75, 3.05) is 13.2 Å². The minimum atomic E-state index is -0.993. The summed E-state index contributed by atoms with van der Waals surface area (Å²) in [4.78, 5) is 11.2. The lowest BCUT2D eigenvalue weighted by Crippen LogP contribution is -2.16. The van der Waals surface area contributed by atoms with Crippen molar-refractivity contribution in [2.45, 2.75) is 19.1 Å². The number of carbonyl (C=O) groups is 1. The average Bonchev–Trinajstić information content (AvgIpc) is 3.07. The van der Waals surface area contributed by atoms with Gasteiger partial charge in [-0.1, -0.05) is 30.3 Å². The molecule has 0 amide bonds. The largest absolute Gasteiger partial charge is 0.485 e. The van der Waals surface area contributed by atoms with Gasteiger partial charge in [0.1, 0.15) is 12.7 Å². The van der Waals surface area contributed by atoms with E-state index in [2.05, 4.69) is 0 Å². The summed E-state index contributed by atoms with van der Waals surface area (Å²) in [5, 5.41) is 9.15. The van der Waals surface area contributed by atoms with Crippen molar-refractivity contribution >= 4 is 5.97 Å². The van der Waals surface area contributed by atoms with Crippen LogP contribution in [-0.4, -0.2) is 30.4 Å². The van der Waals surface area contributed by atoms with E-state index in [0.29, 0.717) is 31.3 Å². The second-order valence-electron chi connectivity index (χ2n) is 5.34. The molecule has 5 heteroatoms. The molecule has 1 unspecified atom stereocenters. The maximum absolute atomic E-state index is 11.2. The van der Waals surface area contributed by atoms with Gasteiger partial charge in [0.25, 0.3) is 0 Å². The van der Waals surface area contributed by atoms with Gasteiger partial charge in [0.05, 0.1) is 18.8 Å². The smallest absolute Gasteiger partial charge is 0.335 e. The van der Waals surface area contributed by atoms with Gasteiger partial charge >= 0.3 is 5.97 Å². The molecule has 23 heavy (non-hydrogen) atoms. The van der Waals surface area contributed by atoms with Crippen molar-refractivity contribution in [1.82, 2.24) is 0 Å². The second kappa shape index (κ2) is 7.15. The van der Waals surface area contributed by atoms with Crippen molar-refractivity contribution in [3.05, 3.63) is 59.7 Å². The molecule has 0 aromatic heterocycles. The molecule has 1 fully saturated rings. The van der Waals surface area contributed by atoms with Crippen molar-refractivity contribution in [2.24, 2.45) is 0 Å². The standard InChI is InChI=1S/C18H18O5/c19-18(20)14-6-7-16(22-11-13-4-2-1-3-5-13)17(10-14)23-15-8-9-21-12-15/h1-7,10,15H,8-9,11-12H2,(H,19,20). The van der Waals surface area contributed by atoms with Crippen LogP contribution in [-0.2, 0) is 11.3 Å². The summed E-state index contributed by atoms with van der Waals surface area (Å²) >= 11 is 0. The van der Waals surface area contributed by atoms with Crippen molar-refractivity contribution in [1.29, 1.82) is 0 Å². The van der Waals surface area contributed by atoms with Crippen molar-refractivity contribution in [3.8, 4) is 11.5 Å². The summed E-state index contributed by atoms with van der Waals surface area (Å²) in [6, 6.07) is 14.4. The summed E-state index contributed by atoms with van der Waals surface area (Å²) in [7, 11) is 0. The summed E-state index contributed by atoms with van der Waals surface area (Å²) in [6.45, 7) is 1.56. The van der Waals surface area contributed by atoms with E-state index in [1.807, 2.05) is 30.3 Å². The van der Waals surface area contributed by atoms with Crippen molar-refractivity contribution in [3.63, 3.8) is 0 Å². The van der Waals surface area contributed by atoms with E-state index in [1.54, 1.807) is 6.07 Å². The fourth-order valence-corrected chi connectivity index (χ4v) is 2.37. The molecule has 0 bridgehead atoms. The summed E-state index contributed by atoms with van der Waals surface area (Å²) in [5.74, 6) is -0.0192. The Morgan fingerprint density at radius 1 is 1.17 bits per heavy atom. The highest BCUT2D eigenvalue weighted by Gasteiger charge is 2.20. The Morgan fingerprint density at radius 2 is 2.00 bits per heavy atom. The van der Waals surface area contributed by atoms with E-state index in [0.717, 1.165) is 12.0 Å². The highest BCUT2D eigenvalue weighted by Crippen LogP contribution is 2.31. The van der Waals surface area contributed by atoms with Crippen LogP contribution < -0.4 is 9.47 Å². The Balaban J connectivity index is 1.77. The minimum Gasteiger partial charge on any atom is -0.485 e. The van der Waals surface area contributed by atoms with E-state index in [4.69, 9.17) is 19.3 Å². The zero-order chi connectivity index (χ0) is 16.1. The van der Waals surface area contributed by atoms with Crippen LogP contribution in [0, 0.1) is 0 Å². The molecule has 1 atom stereocenters. The molecule has 1 heterocycles. The highest BCUT2D eigenvalue weighted by molar-refractivity contribution is 5.88. The molecule has 0 aliphatic carbocycles. The minimum absolute atomic E-state index is 0.0712. The van der Waals surface area contributed by atoms with Gasteiger partial charge in [-0.05, 0) is 23.8 Å². The molecule has 120 valence electrons. The van der Waals surface area contributed by atoms with Crippen LogP contribution in [0.15, 0.2) is 48.5 Å². The van der Waals surface area contributed by atoms with Crippen LogP contribution in [0.4, 0.5) is 0 Å². The van der Waals surface area contributed by atoms with Crippen LogP contribution in [0.2, 0.25) is 0 Å². The SMILES string of the molecule is O=C(O)c1ccc(OCc2ccccc2)c(OC2CCOC2)c1. The number of hydrogen-bond donors (Lipinski definition) is 1. The van der Waals surface area contributed by atoms with E-state index in [1.165, 1.54) is 12.1 Å². The number of aromatic carboxylic acids is 1. The third-order valence-corrected chi connectivity index (χ3v) is 3.61. The van der Waals surface area contributed by atoms with E-state index in [-0.39, 0.29) is 11.7 Å². The predicted molar refractivity (Wildman–Crippen MR) is 84.0 cm³/mol. The quantitative estimate of drug-likeness (QED) is 0.887. The fourth-order valence-electron chi connectivity index (χ4n) is 2.37. The number of carboxylic acids is 1. The first-order valence-electron chi connectivity index (χ1n) is 7.51. The van der Waals surface area contributed by atoms with Crippen LogP contribution in [0.25, 0.3) is 0 Å². The maximum Gasteiger partial charge on any atom is 0.335 e. The molecule has 1 aliphatic rings. The van der Waals surface area contributed by atoms with Gasteiger partial charge in [-0.2, -0.15) is 0 Å². The first-order chi connectivity index (χ1) is 11.2. The molecule has 1 aliphatic heterocycles. The molecule has 3 rings (SSSR count). The lowest BCUT2D eigenvalue weighted by Gasteiger charge is -2.16. The van der Waals surface area contributed by atoms with Gasteiger partial charge in [-0.25, -0.2) is 4.79 Å². The molecule has 5 nitrogen and oxygen atoms in total. The van der Waals surface area contributed by atoms with Crippen LogP contribution in [0.3, 0.4) is 0 Å². The maximum atomic E-state index is 11.2.